The summed E-state index contributed by atoms with van der Waals surface area (Å²) in [7, 11) is 0. The first-order valence-electron chi connectivity index (χ1n) is 6.18. The van der Waals surface area contributed by atoms with E-state index in [1.165, 1.54) is 19.3 Å². The van der Waals surface area contributed by atoms with Crippen LogP contribution in [0.4, 0.5) is 0 Å². The Morgan fingerprint density at radius 1 is 1.44 bits per heavy atom. The van der Waals surface area contributed by atoms with Crippen LogP contribution in [-0.4, -0.2) is 25.5 Å². The summed E-state index contributed by atoms with van der Waals surface area (Å²) in [6.07, 6.45) is 6.06. The van der Waals surface area contributed by atoms with Crippen LogP contribution in [-0.2, 0) is 4.79 Å². The first-order valence-corrected chi connectivity index (χ1v) is 6.18. The minimum Gasteiger partial charge on any atom is -0.355 e. The van der Waals surface area contributed by atoms with E-state index in [1.54, 1.807) is 0 Å². The van der Waals surface area contributed by atoms with Gasteiger partial charge in [0, 0.05) is 13.1 Å². The first-order chi connectivity index (χ1) is 7.20. The number of piperidine rings is 1. The molecule has 94 valence electrons. The molecule has 1 saturated carbocycles. The van der Waals surface area contributed by atoms with Gasteiger partial charge in [-0.15, -0.1) is 12.4 Å². The summed E-state index contributed by atoms with van der Waals surface area (Å²) in [4.78, 5) is 11.8. The lowest BCUT2D eigenvalue weighted by Gasteiger charge is -2.38. The van der Waals surface area contributed by atoms with Crippen LogP contribution in [0.1, 0.15) is 39.0 Å². The third kappa shape index (κ3) is 3.36. The molecule has 1 aliphatic carbocycles. The van der Waals surface area contributed by atoms with Gasteiger partial charge in [-0.05, 0) is 37.6 Å². The van der Waals surface area contributed by atoms with E-state index in [0.717, 1.165) is 32.5 Å². The van der Waals surface area contributed by atoms with Crippen molar-refractivity contribution in [1.29, 1.82) is 0 Å². The third-order valence-electron chi connectivity index (χ3n) is 3.92. The second-order valence-electron chi connectivity index (χ2n) is 5.43. The number of halogens is 1. The number of hydrogen-bond donors (Lipinski definition) is 2. The van der Waals surface area contributed by atoms with Crippen molar-refractivity contribution in [1.82, 2.24) is 10.6 Å². The smallest absolute Gasteiger partial charge is 0.224 e. The van der Waals surface area contributed by atoms with E-state index in [2.05, 4.69) is 17.6 Å². The Morgan fingerprint density at radius 2 is 2.19 bits per heavy atom. The largest absolute Gasteiger partial charge is 0.355 e. The quantitative estimate of drug-likeness (QED) is 0.796. The maximum atomic E-state index is 11.8. The molecule has 1 heterocycles. The molecule has 2 N–H and O–H groups in total. The molecule has 0 unspecified atom stereocenters. The Morgan fingerprint density at radius 3 is 2.69 bits per heavy atom. The highest BCUT2D eigenvalue weighted by atomic mass is 35.5. The molecule has 1 amide bonds. The van der Waals surface area contributed by atoms with Gasteiger partial charge >= 0.3 is 0 Å². The zero-order valence-electron chi connectivity index (χ0n) is 10.1. The zero-order chi connectivity index (χ0) is 10.7. The van der Waals surface area contributed by atoms with Crippen LogP contribution in [0.3, 0.4) is 0 Å². The highest BCUT2D eigenvalue weighted by Crippen LogP contribution is 2.39. The van der Waals surface area contributed by atoms with Gasteiger partial charge < -0.3 is 10.6 Å². The first kappa shape index (κ1) is 13.8. The third-order valence-corrected chi connectivity index (χ3v) is 3.92. The molecular formula is C12H23ClN2O. The van der Waals surface area contributed by atoms with Gasteiger partial charge in [-0.3, -0.25) is 4.79 Å². The Kier molecular flexibility index (Phi) is 5.06. The molecule has 1 saturated heterocycles. The molecule has 2 fully saturated rings. The lowest BCUT2D eigenvalue weighted by atomic mass is 9.70. The van der Waals surface area contributed by atoms with Crippen LogP contribution < -0.4 is 10.6 Å². The molecule has 16 heavy (non-hydrogen) atoms. The summed E-state index contributed by atoms with van der Waals surface area (Å²) >= 11 is 0. The maximum Gasteiger partial charge on any atom is 0.224 e. The van der Waals surface area contributed by atoms with Gasteiger partial charge in [0.15, 0.2) is 0 Å². The normalized spacial score (nSPS) is 27.4. The molecule has 0 bridgehead atoms. The highest BCUT2D eigenvalue weighted by Gasteiger charge is 2.32. The lowest BCUT2D eigenvalue weighted by Crippen LogP contribution is -2.45. The average molecular weight is 247 g/mol. The number of carbonyl (C=O) groups is 1. The SMILES string of the molecule is CC1(CNC(=O)[C@@H]2CCCNC2)CCC1.Cl. The van der Waals surface area contributed by atoms with Crippen LogP contribution in [0.25, 0.3) is 0 Å². The maximum absolute atomic E-state index is 11.8. The fourth-order valence-electron chi connectivity index (χ4n) is 2.48. The number of hydrogen-bond acceptors (Lipinski definition) is 2. The van der Waals surface area contributed by atoms with Crippen molar-refractivity contribution in [3.63, 3.8) is 0 Å². The molecule has 0 spiro atoms. The summed E-state index contributed by atoms with van der Waals surface area (Å²) in [5.74, 6) is 0.470. The second kappa shape index (κ2) is 5.87. The van der Waals surface area contributed by atoms with Crippen molar-refractivity contribution in [3.8, 4) is 0 Å². The minimum atomic E-state index is 0. The zero-order valence-corrected chi connectivity index (χ0v) is 10.9. The molecule has 2 aliphatic rings. The van der Waals surface area contributed by atoms with E-state index in [9.17, 15) is 4.79 Å². The fourth-order valence-corrected chi connectivity index (χ4v) is 2.48. The highest BCUT2D eigenvalue weighted by molar-refractivity contribution is 5.85. The number of nitrogens with one attached hydrogen (secondary N) is 2. The molecule has 0 aromatic rings. The molecule has 4 heteroatoms. The van der Waals surface area contributed by atoms with Crippen LogP contribution in [0.5, 0.6) is 0 Å². The van der Waals surface area contributed by atoms with Gasteiger partial charge in [0.05, 0.1) is 5.92 Å². The molecule has 1 aliphatic heterocycles. The molecule has 0 aromatic carbocycles. The lowest BCUT2D eigenvalue weighted by molar-refractivity contribution is -0.126. The predicted octanol–water partition coefficient (Wildman–Crippen LogP) is 1.71. The fraction of sp³-hybridized carbons (Fsp3) is 0.917. The van der Waals surface area contributed by atoms with E-state index >= 15 is 0 Å². The van der Waals surface area contributed by atoms with Gasteiger partial charge in [0.1, 0.15) is 0 Å². The Bertz CT molecular complexity index is 235. The van der Waals surface area contributed by atoms with Crippen LogP contribution >= 0.6 is 12.4 Å². The van der Waals surface area contributed by atoms with Gasteiger partial charge in [-0.25, -0.2) is 0 Å². The molecule has 3 nitrogen and oxygen atoms in total. The molecule has 1 atom stereocenters. The standard InChI is InChI=1S/C12H22N2O.ClH/c1-12(5-3-6-12)9-14-11(15)10-4-2-7-13-8-10;/h10,13H,2-9H2,1H3,(H,14,15);1H/t10-;/m1./s1. The Labute approximate surface area is 104 Å². The van der Waals surface area contributed by atoms with E-state index in [4.69, 9.17) is 0 Å². The summed E-state index contributed by atoms with van der Waals surface area (Å²) in [5.41, 5.74) is 0.401. The van der Waals surface area contributed by atoms with E-state index in [-0.39, 0.29) is 24.2 Å². The predicted molar refractivity (Wildman–Crippen MR) is 67.8 cm³/mol. The van der Waals surface area contributed by atoms with Gasteiger partial charge in [0.2, 0.25) is 5.91 Å². The number of rotatable bonds is 3. The minimum absolute atomic E-state index is 0. The van der Waals surface area contributed by atoms with Crippen molar-refractivity contribution in [2.24, 2.45) is 11.3 Å². The topological polar surface area (TPSA) is 41.1 Å². The number of amides is 1. The van der Waals surface area contributed by atoms with Crippen molar-refractivity contribution < 1.29 is 4.79 Å². The Balaban J connectivity index is 0.00000128. The summed E-state index contributed by atoms with van der Waals surface area (Å²) in [6.45, 7) is 5.09. The monoisotopic (exact) mass is 246 g/mol. The van der Waals surface area contributed by atoms with Gasteiger partial charge in [0.25, 0.3) is 0 Å². The van der Waals surface area contributed by atoms with Crippen molar-refractivity contribution in [3.05, 3.63) is 0 Å². The van der Waals surface area contributed by atoms with Crippen molar-refractivity contribution in [2.45, 2.75) is 39.0 Å². The van der Waals surface area contributed by atoms with E-state index < -0.39 is 0 Å². The molecular weight excluding hydrogens is 224 g/mol. The average Bonchev–Trinajstić information content (AvgIpc) is 2.24. The molecule has 0 radical (unpaired) electrons. The van der Waals surface area contributed by atoms with E-state index in [1.807, 2.05) is 0 Å². The van der Waals surface area contributed by atoms with Crippen LogP contribution in [0.2, 0.25) is 0 Å². The Hall–Kier alpha value is -0.280. The van der Waals surface area contributed by atoms with Gasteiger partial charge in [-0.2, -0.15) is 0 Å². The molecule has 2 rings (SSSR count). The van der Waals surface area contributed by atoms with E-state index in [0.29, 0.717) is 5.41 Å². The summed E-state index contributed by atoms with van der Waals surface area (Å²) < 4.78 is 0. The van der Waals surface area contributed by atoms with Crippen molar-refractivity contribution >= 4 is 18.3 Å². The van der Waals surface area contributed by atoms with Crippen LogP contribution in [0, 0.1) is 11.3 Å². The second-order valence-corrected chi connectivity index (χ2v) is 5.43. The van der Waals surface area contributed by atoms with Crippen molar-refractivity contribution in [2.75, 3.05) is 19.6 Å². The summed E-state index contributed by atoms with van der Waals surface area (Å²) in [5, 5.41) is 6.40. The summed E-state index contributed by atoms with van der Waals surface area (Å²) in [6, 6.07) is 0. The molecule has 0 aromatic heterocycles. The van der Waals surface area contributed by atoms with Gasteiger partial charge in [-0.1, -0.05) is 13.3 Å². The van der Waals surface area contributed by atoms with Crippen LogP contribution in [0.15, 0.2) is 0 Å². The number of carbonyl (C=O) groups excluding carboxylic acids is 1.